The molecule has 1 atom stereocenters. The second kappa shape index (κ2) is 3.07. The van der Waals surface area contributed by atoms with Gasteiger partial charge in [0.1, 0.15) is 11.9 Å². The third-order valence-corrected chi connectivity index (χ3v) is 2.61. The molecule has 0 radical (unpaired) electrons. The fraction of sp³-hybridized carbons (Fsp3) is 0.333. The average Bonchev–Trinajstić information content (AvgIpc) is 2.49. The lowest BCUT2D eigenvalue weighted by molar-refractivity contribution is 0.134. The van der Waals surface area contributed by atoms with Gasteiger partial charge in [-0.1, -0.05) is 12.1 Å². The summed E-state index contributed by atoms with van der Waals surface area (Å²) in [6.45, 7) is 0.0844. The van der Waals surface area contributed by atoms with E-state index in [4.69, 9.17) is 9.84 Å². The van der Waals surface area contributed by atoms with Gasteiger partial charge in [-0.3, -0.25) is 0 Å². The Bertz CT molecular complexity index is 299. The Morgan fingerprint density at radius 2 is 2.42 bits per heavy atom. The average molecular weight is 229 g/mol. The SMILES string of the molecule is OC[C@H]1Cc2cccc(Br)c2O1. The highest BCUT2D eigenvalue weighted by molar-refractivity contribution is 9.10. The maximum atomic E-state index is 8.89. The predicted octanol–water partition coefficient (Wildman–Crippen LogP) is 1.74. The number of para-hydroxylation sites is 1. The fourth-order valence-corrected chi connectivity index (χ4v) is 1.90. The van der Waals surface area contributed by atoms with Gasteiger partial charge in [-0.15, -0.1) is 0 Å². The van der Waals surface area contributed by atoms with E-state index in [1.165, 1.54) is 5.56 Å². The molecular formula is C9H9BrO2. The van der Waals surface area contributed by atoms with E-state index in [1.54, 1.807) is 0 Å². The Morgan fingerprint density at radius 1 is 1.58 bits per heavy atom. The summed E-state index contributed by atoms with van der Waals surface area (Å²) in [5, 5.41) is 8.89. The molecule has 1 aliphatic rings. The summed E-state index contributed by atoms with van der Waals surface area (Å²) in [7, 11) is 0. The van der Waals surface area contributed by atoms with Crippen molar-refractivity contribution in [3.8, 4) is 5.75 Å². The van der Waals surface area contributed by atoms with Gasteiger partial charge in [0, 0.05) is 6.42 Å². The zero-order chi connectivity index (χ0) is 8.55. The van der Waals surface area contributed by atoms with Crippen LogP contribution in [-0.4, -0.2) is 17.8 Å². The number of hydrogen-bond donors (Lipinski definition) is 1. The minimum atomic E-state index is -0.0568. The lowest BCUT2D eigenvalue weighted by Gasteiger charge is -2.06. The predicted molar refractivity (Wildman–Crippen MR) is 49.3 cm³/mol. The minimum absolute atomic E-state index is 0.0568. The molecular weight excluding hydrogens is 220 g/mol. The Morgan fingerprint density at radius 3 is 3.08 bits per heavy atom. The van der Waals surface area contributed by atoms with Crippen LogP contribution < -0.4 is 4.74 Å². The monoisotopic (exact) mass is 228 g/mol. The summed E-state index contributed by atoms with van der Waals surface area (Å²) < 4.78 is 6.46. The van der Waals surface area contributed by atoms with Gasteiger partial charge in [0.2, 0.25) is 0 Å². The van der Waals surface area contributed by atoms with Crippen molar-refractivity contribution in [2.24, 2.45) is 0 Å². The summed E-state index contributed by atoms with van der Waals surface area (Å²) >= 11 is 3.40. The van der Waals surface area contributed by atoms with Crippen molar-refractivity contribution in [1.82, 2.24) is 0 Å². The number of aliphatic hydroxyl groups is 1. The van der Waals surface area contributed by atoms with E-state index < -0.39 is 0 Å². The van der Waals surface area contributed by atoms with Crippen LogP contribution in [0, 0.1) is 0 Å². The second-order valence-electron chi connectivity index (χ2n) is 2.85. The summed E-state index contributed by atoms with van der Waals surface area (Å²) in [4.78, 5) is 0. The third kappa shape index (κ3) is 1.23. The number of halogens is 1. The lowest BCUT2D eigenvalue weighted by atomic mass is 10.1. The van der Waals surface area contributed by atoms with Gasteiger partial charge in [0.25, 0.3) is 0 Å². The van der Waals surface area contributed by atoms with E-state index in [2.05, 4.69) is 15.9 Å². The molecule has 0 amide bonds. The number of hydrogen-bond acceptors (Lipinski definition) is 2. The molecule has 0 saturated carbocycles. The molecule has 1 heterocycles. The molecule has 0 bridgehead atoms. The van der Waals surface area contributed by atoms with Crippen LogP contribution >= 0.6 is 15.9 Å². The maximum absolute atomic E-state index is 8.89. The van der Waals surface area contributed by atoms with Crippen molar-refractivity contribution in [2.45, 2.75) is 12.5 Å². The van der Waals surface area contributed by atoms with Gasteiger partial charge in [-0.05, 0) is 27.6 Å². The Kier molecular flexibility index (Phi) is 2.07. The molecule has 1 aromatic carbocycles. The van der Waals surface area contributed by atoms with E-state index in [0.717, 1.165) is 16.6 Å². The van der Waals surface area contributed by atoms with Crippen LogP contribution in [0.1, 0.15) is 5.56 Å². The first-order valence-corrected chi connectivity index (χ1v) is 4.65. The van der Waals surface area contributed by atoms with Gasteiger partial charge in [0.05, 0.1) is 11.1 Å². The Labute approximate surface area is 79.3 Å². The van der Waals surface area contributed by atoms with E-state index in [9.17, 15) is 0 Å². The zero-order valence-corrected chi connectivity index (χ0v) is 8.04. The molecule has 0 spiro atoms. The highest BCUT2D eigenvalue weighted by Gasteiger charge is 2.23. The largest absolute Gasteiger partial charge is 0.486 e. The molecule has 0 fully saturated rings. The van der Waals surface area contributed by atoms with Crippen molar-refractivity contribution < 1.29 is 9.84 Å². The molecule has 3 heteroatoms. The standard InChI is InChI=1S/C9H9BrO2/c10-8-3-1-2-6-4-7(5-11)12-9(6)8/h1-3,7,11H,4-5H2/t7-/m1/s1. The molecule has 2 nitrogen and oxygen atoms in total. The normalized spacial score (nSPS) is 20.3. The number of benzene rings is 1. The molecule has 2 rings (SSSR count). The maximum Gasteiger partial charge on any atom is 0.137 e. The van der Waals surface area contributed by atoms with Crippen molar-refractivity contribution in [1.29, 1.82) is 0 Å². The van der Waals surface area contributed by atoms with E-state index >= 15 is 0 Å². The fourth-order valence-electron chi connectivity index (χ4n) is 1.40. The van der Waals surface area contributed by atoms with Crippen LogP contribution in [-0.2, 0) is 6.42 Å². The van der Waals surface area contributed by atoms with Crippen LogP contribution in [0.5, 0.6) is 5.75 Å². The van der Waals surface area contributed by atoms with Crippen molar-refractivity contribution >= 4 is 15.9 Å². The van der Waals surface area contributed by atoms with Crippen LogP contribution in [0.2, 0.25) is 0 Å². The van der Waals surface area contributed by atoms with E-state index in [-0.39, 0.29) is 12.7 Å². The topological polar surface area (TPSA) is 29.5 Å². The van der Waals surface area contributed by atoms with Crippen LogP contribution in [0.3, 0.4) is 0 Å². The van der Waals surface area contributed by atoms with Crippen molar-refractivity contribution in [2.75, 3.05) is 6.61 Å². The third-order valence-electron chi connectivity index (χ3n) is 1.98. The number of aliphatic hydroxyl groups excluding tert-OH is 1. The molecule has 0 aliphatic carbocycles. The summed E-state index contributed by atoms with van der Waals surface area (Å²) in [6, 6.07) is 5.94. The number of fused-ring (bicyclic) bond motifs is 1. The first-order valence-electron chi connectivity index (χ1n) is 3.86. The van der Waals surface area contributed by atoms with Gasteiger partial charge >= 0.3 is 0 Å². The molecule has 12 heavy (non-hydrogen) atoms. The van der Waals surface area contributed by atoms with E-state index in [1.807, 2.05) is 18.2 Å². The molecule has 0 unspecified atom stereocenters. The highest BCUT2D eigenvalue weighted by Crippen LogP contribution is 2.35. The first kappa shape index (κ1) is 8.08. The Hall–Kier alpha value is -0.540. The van der Waals surface area contributed by atoms with E-state index in [0.29, 0.717) is 0 Å². The first-order chi connectivity index (χ1) is 5.81. The van der Waals surface area contributed by atoms with Gasteiger partial charge < -0.3 is 9.84 Å². The quantitative estimate of drug-likeness (QED) is 0.794. The smallest absolute Gasteiger partial charge is 0.137 e. The number of ether oxygens (including phenoxy) is 1. The highest BCUT2D eigenvalue weighted by atomic mass is 79.9. The molecule has 1 aliphatic heterocycles. The Balaban J connectivity index is 2.35. The summed E-state index contributed by atoms with van der Waals surface area (Å²) in [5.74, 6) is 0.886. The summed E-state index contributed by atoms with van der Waals surface area (Å²) in [5.41, 5.74) is 1.17. The van der Waals surface area contributed by atoms with Gasteiger partial charge in [-0.2, -0.15) is 0 Å². The molecule has 64 valence electrons. The lowest BCUT2D eigenvalue weighted by Crippen LogP contribution is -2.17. The van der Waals surface area contributed by atoms with Crippen LogP contribution in [0.4, 0.5) is 0 Å². The minimum Gasteiger partial charge on any atom is -0.486 e. The van der Waals surface area contributed by atoms with Gasteiger partial charge in [0.15, 0.2) is 0 Å². The molecule has 1 N–H and O–H groups in total. The van der Waals surface area contributed by atoms with Crippen LogP contribution in [0.15, 0.2) is 22.7 Å². The van der Waals surface area contributed by atoms with Crippen molar-refractivity contribution in [3.05, 3.63) is 28.2 Å². The van der Waals surface area contributed by atoms with Crippen molar-refractivity contribution in [3.63, 3.8) is 0 Å². The second-order valence-corrected chi connectivity index (χ2v) is 3.71. The van der Waals surface area contributed by atoms with Crippen LogP contribution in [0.25, 0.3) is 0 Å². The molecule has 0 saturated heterocycles. The van der Waals surface area contributed by atoms with Gasteiger partial charge in [-0.25, -0.2) is 0 Å². The molecule has 1 aromatic rings. The number of rotatable bonds is 1. The zero-order valence-electron chi connectivity index (χ0n) is 6.46. The summed E-state index contributed by atoms with van der Waals surface area (Å²) in [6.07, 6.45) is 0.754. The molecule has 0 aromatic heterocycles.